The first-order valence-electron chi connectivity index (χ1n) is 6.99. The van der Waals surface area contributed by atoms with E-state index in [1.165, 1.54) is 13.2 Å². The Kier molecular flexibility index (Phi) is 5.08. The summed E-state index contributed by atoms with van der Waals surface area (Å²) in [6.45, 7) is 3.28. The highest BCUT2D eigenvalue weighted by molar-refractivity contribution is 7.89. The van der Waals surface area contributed by atoms with Gasteiger partial charge in [-0.3, -0.25) is 0 Å². The maximum absolute atomic E-state index is 12.3. The van der Waals surface area contributed by atoms with Crippen molar-refractivity contribution in [2.75, 3.05) is 20.8 Å². The summed E-state index contributed by atoms with van der Waals surface area (Å²) in [7, 11) is -0.470. The van der Waals surface area contributed by atoms with E-state index in [0.717, 1.165) is 24.9 Å². The van der Waals surface area contributed by atoms with Crippen molar-refractivity contribution in [2.24, 2.45) is 0 Å². The van der Waals surface area contributed by atoms with E-state index in [0.29, 0.717) is 18.0 Å². The minimum absolute atomic E-state index is 0.0697. The van der Waals surface area contributed by atoms with Crippen LogP contribution in [0.5, 0.6) is 11.5 Å². The second-order valence-corrected chi connectivity index (χ2v) is 6.71. The van der Waals surface area contributed by atoms with E-state index in [1.807, 2.05) is 6.92 Å². The van der Waals surface area contributed by atoms with Crippen LogP contribution < -0.4 is 19.5 Å². The number of methoxy groups -OCH3 is 2. The molecule has 1 aliphatic rings. The van der Waals surface area contributed by atoms with Gasteiger partial charge in [0.1, 0.15) is 0 Å². The van der Waals surface area contributed by atoms with Crippen LogP contribution in [0.3, 0.4) is 0 Å². The Bertz CT molecular complexity index is 597. The molecule has 2 rings (SSSR count). The molecule has 1 aromatic carbocycles. The van der Waals surface area contributed by atoms with Gasteiger partial charge < -0.3 is 14.8 Å². The molecule has 0 amide bonds. The summed E-state index contributed by atoms with van der Waals surface area (Å²) in [6.07, 6.45) is 1.80. The molecule has 21 heavy (non-hydrogen) atoms. The smallest absolute Gasteiger partial charge is 0.240 e. The largest absolute Gasteiger partial charge is 0.493 e. The fourth-order valence-corrected chi connectivity index (χ4v) is 3.42. The molecule has 1 saturated carbocycles. The number of rotatable bonds is 8. The minimum atomic E-state index is -3.52. The molecular weight excluding hydrogens is 292 g/mol. The second kappa shape index (κ2) is 6.64. The van der Waals surface area contributed by atoms with Crippen LogP contribution >= 0.6 is 0 Å². The summed E-state index contributed by atoms with van der Waals surface area (Å²) >= 11 is 0. The average Bonchev–Trinajstić information content (AvgIpc) is 3.26. The third-order valence-electron chi connectivity index (χ3n) is 3.30. The third-order valence-corrected chi connectivity index (χ3v) is 4.80. The Labute approximate surface area is 125 Å². The third kappa shape index (κ3) is 3.87. The number of nitrogens with one attached hydrogen (secondary N) is 2. The van der Waals surface area contributed by atoms with Crippen LogP contribution in [0.15, 0.2) is 17.0 Å². The number of hydrogen-bond donors (Lipinski definition) is 2. The zero-order valence-electron chi connectivity index (χ0n) is 12.6. The quantitative estimate of drug-likeness (QED) is 0.755. The van der Waals surface area contributed by atoms with Crippen LogP contribution in [0.2, 0.25) is 0 Å². The van der Waals surface area contributed by atoms with Crippen molar-refractivity contribution in [3.8, 4) is 11.5 Å². The highest BCUT2D eigenvalue weighted by atomic mass is 32.2. The van der Waals surface area contributed by atoms with E-state index in [-0.39, 0.29) is 10.9 Å². The van der Waals surface area contributed by atoms with Crippen LogP contribution in [0.4, 0.5) is 0 Å². The van der Waals surface area contributed by atoms with Gasteiger partial charge >= 0.3 is 0 Å². The van der Waals surface area contributed by atoms with Crippen LogP contribution in [0.1, 0.15) is 25.3 Å². The Morgan fingerprint density at radius 1 is 1.24 bits per heavy atom. The number of benzene rings is 1. The van der Waals surface area contributed by atoms with Gasteiger partial charge in [0.2, 0.25) is 10.0 Å². The van der Waals surface area contributed by atoms with Crippen molar-refractivity contribution in [3.05, 3.63) is 17.7 Å². The molecule has 0 saturated heterocycles. The first kappa shape index (κ1) is 16.1. The summed E-state index contributed by atoms with van der Waals surface area (Å²) in [4.78, 5) is 0.208. The summed E-state index contributed by atoms with van der Waals surface area (Å²) in [5.74, 6) is 0.980. The molecule has 0 radical (unpaired) electrons. The van der Waals surface area contributed by atoms with E-state index in [9.17, 15) is 8.42 Å². The molecule has 0 bridgehead atoms. The molecule has 1 aliphatic carbocycles. The van der Waals surface area contributed by atoms with Gasteiger partial charge in [0.25, 0.3) is 0 Å². The van der Waals surface area contributed by atoms with Crippen molar-refractivity contribution >= 4 is 10.0 Å². The van der Waals surface area contributed by atoms with Gasteiger partial charge in [0.15, 0.2) is 11.5 Å². The van der Waals surface area contributed by atoms with Gasteiger partial charge in [0.05, 0.1) is 19.1 Å². The Morgan fingerprint density at radius 2 is 1.95 bits per heavy atom. The maximum atomic E-state index is 12.3. The van der Waals surface area contributed by atoms with Crippen LogP contribution in [-0.2, 0) is 16.6 Å². The lowest BCUT2D eigenvalue weighted by Crippen LogP contribution is -2.26. The summed E-state index contributed by atoms with van der Waals surface area (Å²) in [6, 6.07) is 3.20. The Hall–Kier alpha value is -1.31. The maximum Gasteiger partial charge on any atom is 0.240 e. The predicted molar refractivity (Wildman–Crippen MR) is 80.3 cm³/mol. The highest BCUT2D eigenvalue weighted by Crippen LogP contribution is 2.34. The summed E-state index contributed by atoms with van der Waals surface area (Å²) in [5.41, 5.74) is 0.759. The van der Waals surface area contributed by atoms with Gasteiger partial charge in [0, 0.05) is 24.2 Å². The van der Waals surface area contributed by atoms with Gasteiger partial charge in [-0.2, -0.15) is 0 Å². The molecule has 6 nitrogen and oxygen atoms in total. The Morgan fingerprint density at radius 3 is 2.48 bits per heavy atom. The second-order valence-electron chi connectivity index (χ2n) is 4.99. The highest BCUT2D eigenvalue weighted by Gasteiger charge is 2.29. The minimum Gasteiger partial charge on any atom is -0.493 e. The molecule has 1 fully saturated rings. The molecule has 0 aliphatic heterocycles. The molecule has 0 spiro atoms. The molecule has 0 atom stereocenters. The molecular formula is C14H22N2O4S. The zero-order chi connectivity index (χ0) is 15.5. The van der Waals surface area contributed by atoms with E-state index in [2.05, 4.69) is 10.0 Å². The fourth-order valence-electron chi connectivity index (χ4n) is 2.05. The molecule has 2 N–H and O–H groups in total. The van der Waals surface area contributed by atoms with Crippen molar-refractivity contribution in [1.29, 1.82) is 0 Å². The standard InChI is InChI=1S/C14H22N2O4S/c1-4-15-9-10-7-12(8-13(19-2)14(10)20-3)21(17,18)16-11-5-6-11/h7-8,11,15-16H,4-6,9H2,1-3H3. The van der Waals surface area contributed by atoms with Crippen LogP contribution in [-0.4, -0.2) is 35.2 Å². The zero-order valence-corrected chi connectivity index (χ0v) is 13.4. The number of sulfonamides is 1. The van der Waals surface area contributed by atoms with Gasteiger partial charge in [-0.1, -0.05) is 6.92 Å². The molecule has 7 heteroatoms. The summed E-state index contributed by atoms with van der Waals surface area (Å²) in [5, 5.41) is 3.17. The van der Waals surface area contributed by atoms with Crippen molar-refractivity contribution < 1.29 is 17.9 Å². The SMILES string of the molecule is CCNCc1cc(S(=O)(=O)NC2CC2)cc(OC)c1OC. The number of ether oxygens (including phenoxy) is 2. The fraction of sp³-hybridized carbons (Fsp3) is 0.571. The molecule has 118 valence electrons. The first-order valence-corrected chi connectivity index (χ1v) is 8.48. The average molecular weight is 314 g/mol. The van der Waals surface area contributed by atoms with Gasteiger partial charge in [-0.05, 0) is 25.5 Å². The topological polar surface area (TPSA) is 76.7 Å². The van der Waals surface area contributed by atoms with E-state index < -0.39 is 10.0 Å². The van der Waals surface area contributed by atoms with Crippen molar-refractivity contribution in [3.63, 3.8) is 0 Å². The Balaban J connectivity index is 2.41. The first-order chi connectivity index (χ1) is 10.0. The summed E-state index contributed by atoms with van der Waals surface area (Å²) < 4.78 is 38.0. The lowest BCUT2D eigenvalue weighted by atomic mass is 10.2. The van der Waals surface area contributed by atoms with E-state index >= 15 is 0 Å². The number of hydrogen-bond acceptors (Lipinski definition) is 5. The molecule has 0 heterocycles. The van der Waals surface area contributed by atoms with Gasteiger partial charge in [-0.25, -0.2) is 13.1 Å². The van der Waals surface area contributed by atoms with Crippen molar-refractivity contribution in [1.82, 2.24) is 10.0 Å². The van der Waals surface area contributed by atoms with Crippen LogP contribution in [0, 0.1) is 0 Å². The normalized spacial score (nSPS) is 15.0. The molecule has 0 aromatic heterocycles. The van der Waals surface area contributed by atoms with Gasteiger partial charge in [-0.15, -0.1) is 0 Å². The van der Waals surface area contributed by atoms with E-state index in [4.69, 9.17) is 9.47 Å². The monoisotopic (exact) mass is 314 g/mol. The molecule has 0 unspecified atom stereocenters. The lowest BCUT2D eigenvalue weighted by molar-refractivity contribution is 0.349. The van der Waals surface area contributed by atoms with Crippen LogP contribution in [0.25, 0.3) is 0 Å². The lowest BCUT2D eigenvalue weighted by Gasteiger charge is -2.16. The van der Waals surface area contributed by atoms with E-state index in [1.54, 1.807) is 13.2 Å². The molecule has 1 aromatic rings. The predicted octanol–water partition coefficient (Wildman–Crippen LogP) is 1.25. The van der Waals surface area contributed by atoms with Crippen molar-refractivity contribution in [2.45, 2.75) is 37.2 Å².